The number of fused-ring (bicyclic) bond motifs is 1. The zero-order valence-electron chi connectivity index (χ0n) is 14.7. The minimum atomic E-state index is -0.0455. The lowest BCUT2D eigenvalue weighted by Gasteiger charge is -2.13. The molecule has 4 aromatic rings. The highest BCUT2D eigenvalue weighted by Crippen LogP contribution is 2.29. The van der Waals surface area contributed by atoms with Crippen LogP contribution in [-0.4, -0.2) is 38.2 Å². The molecule has 140 valence electrons. The van der Waals surface area contributed by atoms with Gasteiger partial charge in [0.1, 0.15) is 22.9 Å². The summed E-state index contributed by atoms with van der Waals surface area (Å²) in [7, 11) is 1.52. The van der Waals surface area contributed by atoms with Crippen LogP contribution in [0.2, 0.25) is 0 Å². The predicted octanol–water partition coefficient (Wildman–Crippen LogP) is 2.18. The number of benzene rings is 2. The van der Waals surface area contributed by atoms with Gasteiger partial charge >= 0.3 is 0 Å². The Labute approximate surface area is 158 Å². The third-order valence-electron chi connectivity index (χ3n) is 3.96. The highest BCUT2D eigenvalue weighted by Gasteiger charge is 2.22. The number of para-hydroxylation sites is 1. The van der Waals surface area contributed by atoms with E-state index >= 15 is 0 Å². The molecule has 0 saturated heterocycles. The summed E-state index contributed by atoms with van der Waals surface area (Å²) in [6.45, 7) is 0. The van der Waals surface area contributed by atoms with Crippen molar-refractivity contribution in [2.45, 2.75) is 0 Å². The molecule has 10 nitrogen and oxygen atoms in total. The molecular weight excluding hydrogens is 362 g/mol. The fraction of sp³-hybridized carbons (Fsp3) is 0.0556. The van der Waals surface area contributed by atoms with Crippen LogP contribution in [0.3, 0.4) is 0 Å². The van der Waals surface area contributed by atoms with E-state index in [4.69, 9.17) is 15.2 Å². The summed E-state index contributed by atoms with van der Waals surface area (Å²) in [4.78, 5) is 8.83. The number of aromatic hydroxyl groups is 1. The maximum Gasteiger partial charge on any atom is 0.245 e. The minimum Gasteiger partial charge on any atom is -0.507 e. The number of phenolic OH excluding ortho intramolecular Hbond substituents is 1. The number of nitrogens with one attached hydrogen (secondary N) is 1. The molecule has 0 unspecified atom stereocenters. The van der Waals surface area contributed by atoms with Crippen LogP contribution in [0.1, 0.15) is 11.3 Å². The van der Waals surface area contributed by atoms with Crippen molar-refractivity contribution in [3.05, 3.63) is 59.8 Å². The van der Waals surface area contributed by atoms with Gasteiger partial charge in [0.15, 0.2) is 5.82 Å². The summed E-state index contributed by atoms with van der Waals surface area (Å²) in [5.74, 6) is 6.45. The molecule has 0 radical (unpaired) electrons. The molecule has 4 rings (SSSR count). The van der Waals surface area contributed by atoms with Gasteiger partial charge in [0, 0.05) is 11.3 Å². The average molecular weight is 377 g/mol. The van der Waals surface area contributed by atoms with Crippen LogP contribution in [0.25, 0.3) is 11.3 Å². The average Bonchev–Trinajstić information content (AvgIpc) is 3.18. The first kappa shape index (κ1) is 17.2. The van der Waals surface area contributed by atoms with Gasteiger partial charge in [-0.25, -0.2) is 14.6 Å². The number of aromatic nitrogens is 4. The molecule has 4 N–H and O–H groups in total. The molecule has 2 aromatic carbocycles. The van der Waals surface area contributed by atoms with Crippen molar-refractivity contribution in [2.24, 2.45) is 10.9 Å². The Balaban J connectivity index is 1.89. The predicted molar refractivity (Wildman–Crippen MR) is 102 cm³/mol. The second-order valence-corrected chi connectivity index (χ2v) is 5.68. The van der Waals surface area contributed by atoms with Crippen molar-refractivity contribution in [2.75, 3.05) is 12.4 Å². The molecule has 10 heteroatoms. The summed E-state index contributed by atoms with van der Waals surface area (Å²) < 4.78 is 9.94. The molecular formula is C18H15N7O3. The van der Waals surface area contributed by atoms with E-state index in [9.17, 15) is 5.11 Å². The zero-order valence-corrected chi connectivity index (χ0v) is 14.7. The second-order valence-electron chi connectivity index (χ2n) is 5.68. The van der Waals surface area contributed by atoms with E-state index in [1.807, 2.05) is 30.3 Å². The normalized spacial score (nSPS) is 11.5. The lowest BCUT2D eigenvalue weighted by atomic mass is 10.0. The highest BCUT2D eigenvalue weighted by molar-refractivity contribution is 6.16. The molecule has 0 saturated carbocycles. The number of methoxy groups -OCH3 is 1. The van der Waals surface area contributed by atoms with Crippen molar-refractivity contribution in [3.63, 3.8) is 0 Å². The number of nitrogens with two attached hydrogens (primary N) is 1. The first-order chi connectivity index (χ1) is 13.7. The van der Waals surface area contributed by atoms with Crippen LogP contribution in [-0.2, 0) is 0 Å². The Morgan fingerprint density at radius 3 is 2.57 bits per heavy atom. The van der Waals surface area contributed by atoms with Crippen molar-refractivity contribution >= 4 is 28.5 Å². The molecule has 0 aliphatic rings. The third-order valence-corrected chi connectivity index (χ3v) is 3.96. The van der Waals surface area contributed by atoms with Gasteiger partial charge in [-0.2, -0.15) is 5.10 Å². The van der Waals surface area contributed by atoms with Gasteiger partial charge in [0.05, 0.1) is 7.11 Å². The molecule has 0 fully saturated rings. The number of hydrogen-bond donors (Lipinski definition) is 3. The SMILES string of the molecule is COc1ccc(O)c(/C(=N\N)c2nc3nonc3nc2Nc2ccccc2)c1. The van der Waals surface area contributed by atoms with E-state index in [0.717, 1.165) is 5.69 Å². The monoisotopic (exact) mass is 377 g/mol. The summed E-state index contributed by atoms with van der Waals surface area (Å²) in [6, 6.07) is 14.1. The highest BCUT2D eigenvalue weighted by atomic mass is 16.6. The van der Waals surface area contributed by atoms with Crippen LogP contribution in [0.4, 0.5) is 11.5 Å². The van der Waals surface area contributed by atoms with Crippen LogP contribution in [0, 0.1) is 0 Å². The summed E-state index contributed by atoms with van der Waals surface area (Å²) in [5.41, 5.74) is 1.93. The topological polar surface area (TPSA) is 145 Å². The molecule has 0 aliphatic heterocycles. The van der Waals surface area contributed by atoms with Gasteiger partial charge in [-0.1, -0.05) is 18.2 Å². The summed E-state index contributed by atoms with van der Waals surface area (Å²) >= 11 is 0. The molecule has 0 amide bonds. The van der Waals surface area contributed by atoms with Crippen LogP contribution >= 0.6 is 0 Å². The molecule has 2 heterocycles. The van der Waals surface area contributed by atoms with Crippen LogP contribution in [0.15, 0.2) is 58.3 Å². The first-order valence-electron chi connectivity index (χ1n) is 8.17. The lowest BCUT2D eigenvalue weighted by Crippen LogP contribution is -2.14. The first-order valence-corrected chi connectivity index (χ1v) is 8.17. The van der Waals surface area contributed by atoms with Gasteiger partial charge in [-0.15, -0.1) is 0 Å². The van der Waals surface area contributed by atoms with E-state index < -0.39 is 0 Å². The fourth-order valence-corrected chi connectivity index (χ4v) is 2.64. The molecule has 0 aliphatic carbocycles. The van der Waals surface area contributed by atoms with E-state index in [-0.39, 0.29) is 28.4 Å². The number of phenols is 1. The number of hydrogen-bond acceptors (Lipinski definition) is 10. The third kappa shape index (κ3) is 3.14. The zero-order chi connectivity index (χ0) is 19.5. The number of rotatable bonds is 5. The number of ether oxygens (including phenoxy) is 1. The minimum absolute atomic E-state index is 0.0455. The van der Waals surface area contributed by atoms with Gasteiger partial charge in [-0.3, -0.25) is 0 Å². The van der Waals surface area contributed by atoms with Gasteiger partial charge in [-0.05, 0) is 40.6 Å². The Morgan fingerprint density at radius 2 is 1.86 bits per heavy atom. The van der Waals surface area contributed by atoms with Crippen LogP contribution in [0.5, 0.6) is 11.5 Å². The van der Waals surface area contributed by atoms with E-state index in [2.05, 4.69) is 30.7 Å². The quantitative estimate of drug-likeness (QED) is 0.271. The van der Waals surface area contributed by atoms with Gasteiger partial charge in [0.25, 0.3) is 0 Å². The number of anilines is 2. The summed E-state index contributed by atoms with van der Waals surface area (Å²) in [6.07, 6.45) is 0. The molecule has 0 spiro atoms. The maximum absolute atomic E-state index is 10.3. The number of hydrazone groups is 1. The molecule has 0 bridgehead atoms. The largest absolute Gasteiger partial charge is 0.507 e. The lowest BCUT2D eigenvalue weighted by molar-refractivity contribution is 0.314. The van der Waals surface area contributed by atoms with E-state index in [1.54, 1.807) is 12.1 Å². The molecule has 0 atom stereocenters. The smallest absolute Gasteiger partial charge is 0.245 e. The van der Waals surface area contributed by atoms with Crippen molar-refractivity contribution in [1.82, 2.24) is 20.3 Å². The van der Waals surface area contributed by atoms with Gasteiger partial charge in [0.2, 0.25) is 11.3 Å². The molecule has 28 heavy (non-hydrogen) atoms. The Bertz CT molecular complexity index is 1160. The fourth-order valence-electron chi connectivity index (χ4n) is 2.64. The Hall–Kier alpha value is -4.21. The molecule has 2 aromatic heterocycles. The van der Waals surface area contributed by atoms with Crippen molar-refractivity contribution in [3.8, 4) is 11.5 Å². The second kappa shape index (κ2) is 7.19. The van der Waals surface area contributed by atoms with Crippen LogP contribution < -0.4 is 15.9 Å². The van der Waals surface area contributed by atoms with E-state index in [1.165, 1.54) is 13.2 Å². The van der Waals surface area contributed by atoms with E-state index in [0.29, 0.717) is 17.1 Å². The maximum atomic E-state index is 10.3. The number of nitrogens with zero attached hydrogens (tertiary/aromatic N) is 5. The standard InChI is InChI=1S/C18H15N7O3/c1-27-11-7-8-13(26)12(9-11)14(23-19)15-16(20-10-5-3-2-4-6-10)22-18-17(21-15)24-28-25-18/h2-9,26H,19H2,1H3,(H,20,22,25)/b23-14+. The van der Waals surface area contributed by atoms with Crippen molar-refractivity contribution in [1.29, 1.82) is 0 Å². The Kier molecular flexibility index (Phi) is 4.42. The van der Waals surface area contributed by atoms with Gasteiger partial charge < -0.3 is 21.0 Å². The Morgan fingerprint density at radius 1 is 1.11 bits per heavy atom. The van der Waals surface area contributed by atoms with Crippen molar-refractivity contribution < 1.29 is 14.5 Å². The summed E-state index contributed by atoms with van der Waals surface area (Å²) in [5, 5.41) is 24.8.